The van der Waals surface area contributed by atoms with Crippen LogP contribution in [0.25, 0.3) is 0 Å². The monoisotopic (exact) mass is 326 g/mol. The molecule has 0 amide bonds. The Hall–Kier alpha value is 0.984. The van der Waals surface area contributed by atoms with Gasteiger partial charge in [0.1, 0.15) is 0 Å². The van der Waals surface area contributed by atoms with Crippen LogP contribution in [0.2, 0.25) is 0 Å². The molecule has 0 spiro atoms. The van der Waals surface area contributed by atoms with E-state index in [0.717, 1.165) is 11.3 Å². The summed E-state index contributed by atoms with van der Waals surface area (Å²) < 4.78 is 0. The van der Waals surface area contributed by atoms with E-state index in [9.17, 15) is 0 Å². The first-order chi connectivity index (χ1) is 7.51. The number of hydrogen-bond donors (Lipinski definition) is 0. The van der Waals surface area contributed by atoms with E-state index >= 15 is 0 Å². The minimum absolute atomic E-state index is 0.184. The van der Waals surface area contributed by atoms with Crippen LogP contribution in [0.3, 0.4) is 0 Å². The molecule has 0 saturated heterocycles. The number of allylic oxidation sites excluding steroid dienone is 4. The van der Waals surface area contributed by atoms with Gasteiger partial charge in [0.05, 0.1) is 0 Å². The molecule has 100 valence electrons. The molecule has 0 heterocycles. The van der Waals surface area contributed by atoms with Crippen molar-refractivity contribution in [1.82, 2.24) is 0 Å². The second-order valence-corrected chi connectivity index (χ2v) is 8.97. The van der Waals surface area contributed by atoms with E-state index < -0.39 is 0 Å². The van der Waals surface area contributed by atoms with Gasteiger partial charge in [-0.25, -0.2) is 0 Å². The fourth-order valence-electron chi connectivity index (χ4n) is 1.39. The van der Waals surface area contributed by atoms with Crippen LogP contribution >= 0.6 is 28.3 Å². The third-order valence-corrected chi connectivity index (χ3v) is 5.37. The summed E-state index contributed by atoms with van der Waals surface area (Å²) in [6, 6.07) is 0. The van der Waals surface area contributed by atoms with E-state index in [-0.39, 0.29) is 7.92 Å². The molecule has 0 bridgehead atoms. The van der Waals surface area contributed by atoms with Crippen molar-refractivity contribution in [3.63, 3.8) is 0 Å². The standard InChI is InChI=1S/C12H23P.2ClH.Ni/c1-6-7-8-9-10-13(11(2)3)12(4)5;;;/h6-9,11-12H,10H2,1-5H3;2*1H;/q;;;+2/p-2. The molecule has 0 rings (SSSR count). The molecule has 0 aromatic rings. The van der Waals surface area contributed by atoms with E-state index in [1.54, 1.807) is 0 Å². The maximum atomic E-state index is 4.70. The molecule has 0 atom stereocenters. The zero-order valence-electron chi connectivity index (χ0n) is 10.7. The van der Waals surface area contributed by atoms with Crippen molar-refractivity contribution in [1.29, 1.82) is 0 Å². The summed E-state index contributed by atoms with van der Waals surface area (Å²) in [4.78, 5) is 0. The van der Waals surface area contributed by atoms with Gasteiger partial charge in [0.2, 0.25) is 0 Å². The van der Waals surface area contributed by atoms with Crippen LogP contribution in [0.4, 0.5) is 0 Å². The summed E-state index contributed by atoms with van der Waals surface area (Å²) >= 11 is 0.569. The molecule has 16 heavy (non-hydrogen) atoms. The Morgan fingerprint density at radius 3 is 1.81 bits per heavy atom. The van der Waals surface area contributed by atoms with E-state index in [1.807, 2.05) is 0 Å². The van der Waals surface area contributed by atoms with E-state index in [4.69, 9.17) is 20.4 Å². The van der Waals surface area contributed by atoms with Crippen molar-refractivity contribution < 1.29 is 12.7 Å². The molecule has 0 nitrogen and oxygen atoms in total. The zero-order valence-corrected chi connectivity index (χ0v) is 14.1. The van der Waals surface area contributed by atoms with Crippen LogP contribution in [0, 0.1) is 0 Å². The second kappa shape index (κ2) is 14.0. The Balaban J connectivity index is 0. The first-order valence-electron chi connectivity index (χ1n) is 5.37. The SMILES string of the molecule is CC=CC=CCP(C(C)C)C(C)C.[Cl][Ni][Cl]. The summed E-state index contributed by atoms with van der Waals surface area (Å²) in [5, 5.41) is 0. The van der Waals surface area contributed by atoms with Gasteiger partial charge in [-0.3, -0.25) is 0 Å². The number of rotatable bonds is 5. The van der Waals surface area contributed by atoms with Crippen LogP contribution in [0.1, 0.15) is 34.6 Å². The maximum absolute atomic E-state index is 4.70. The average Bonchev–Trinajstić information content (AvgIpc) is 2.17. The molecule has 4 heteroatoms. The van der Waals surface area contributed by atoms with Crippen LogP contribution in [0.15, 0.2) is 24.3 Å². The van der Waals surface area contributed by atoms with Crippen molar-refractivity contribution in [2.45, 2.75) is 45.9 Å². The molecule has 0 aromatic carbocycles. The van der Waals surface area contributed by atoms with Gasteiger partial charge in [0.25, 0.3) is 0 Å². The molecular weight excluding hydrogens is 305 g/mol. The van der Waals surface area contributed by atoms with Crippen molar-refractivity contribution in [2.24, 2.45) is 0 Å². The van der Waals surface area contributed by atoms with Gasteiger partial charge >= 0.3 is 33.0 Å². The van der Waals surface area contributed by atoms with Gasteiger partial charge in [0, 0.05) is 0 Å². The molecule has 0 radical (unpaired) electrons. The Kier molecular flexibility index (Phi) is 17.0. The topological polar surface area (TPSA) is 0 Å². The van der Waals surface area contributed by atoms with Gasteiger partial charge < -0.3 is 0 Å². The Morgan fingerprint density at radius 1 is 1.06 bits per heavy atom. The van der Waals surface area contributed by atoms with Crippen molar-refractivity contribution >= 4 is 28.3 Å². The summed E-state index contributed by atoms with van der Waals surface area (Å²) in [6.45, 7) is 11.4. The second-order valence-electron chi connectivity index (χ2n) is 3.88. The summed E-state index contributed by atoms with van der Waals surface area (Å²) in [6.07, 6.45) is 9.93. The first kappa shape index (κ1) is 19.3. The van der Waals surface area contributed by atoms with Crippen LogP contribution in [-0.2, 0) is 12.7 Å². The van der Waals surface area contributed by atoms with Gasteiger partial charge in [-0.2, -0.15) is 0 Å². The molecule has 0 aromatic heterocycles. The predicted molar refractivity (Wildman–Crippen MR) is 77.7 cm³/mol. The Bertz CT molecular complexity index is 183. The molecule has 0 aliphatic carbocycles. The molecule has 0 saturated carbocycles. The van der Waals surface area contributed by atoms with Crippen LogP contribution < -0.4 is 0 Å². The van der Waals surface area contributed by atoms with E-state index in [0.29, 0.717) is 12.7 Å². The average molecular weight is 328 g/mol. The van der Waals surface area contributed by atoms with Gasteiger partial charge in [-0.1, -0.05) is 59.9 Å². The fourth-order valence-corrected chi connectivity index (χ4v) is 3.79. The molecular formula is C12H23Cl2NiP. The van der Waals surface area contributed by atoms with E-state index in [1.165, 1.54) is 6.16 Å². The summed E-state index contributed by atoms with van der Waals surface area (Å²) in [7, 11) is 9.59. The molecule has 0 aliphatic rings. The summed E-state index contributed by atoms with van der Waals surface area (Å²) in [5.41, 5.74) is 1.70. The third-order valence-electron chi connectivity index (χ3n) is 2.08. The fraction of sp³-hybridized carbons (Fsp3) is 0.667. The zero-order chi connectivity index (χ0) is 13.0. The van der Waals surface area contributed by atoms with Crippen LogP contribution in [-0.4, -0.2) is 17.5 Å². The van der Waals surface area contributed by atoms with E-state index in [2.05, 4.69) is 58.9 Å². The summed E-state index contributed by atoms with van der Waals surface area (Å²) in [5.74, 6) is 0. The number of halogens is 2. The molecule has 0 N–H and O–H groups in total. The van der Waals surface area contributed by atoms with Crippen molar-refractivity contribution in [3.05, 3.63) is 24.3 Å². The quantitative estimate of drug-likeness (QED) is 0.340. The Labute approximate surface area is 117 Å². The molecule has 0 aliphatic heterocycles. The van der Waals surface area contributed by atoms with Crippen molar-refractivity contribution in [3.8, 4) is 0 Å². The third kappa shape index (κ3) is 13.1. The van der Waals surface area contributed by atoms with Gasteiger partial charge in [0.15, 0.2) is 0 Å². The Morgan fingerprint density at radius 2 is 1.50 bits per heavy atom. The normalized spacial score (nSPS) is 12.1. The molecule has 0 unspecified atom stereocenters. The van der Waals surface area contributed by atoms with Gasteiger partial charge in [-0.15, -0.1) is 0 Å². The van der Waals surface area contributed by atoms with Gasteiger partial charge in [-0.05, 0) is 24.4 Å². The van der Waals surface area contributed by atoms with Crippen LogP contribution in [0.5, 0.6) is 0 Å². The number of hydrogen-bond acceptors (Lipinski definition) is 0. The first-order valence-corrected chi connectivity index (χ1v) is 9.75. The van der Waals surface area contributed by atoms with Crippen molar-refractivity contribution in [2.75, 3.05) is 6.16 Å². The minimum atomic E-state index is 0.184. The predicted octanol–water partition coefficient (Wildman–Crippen LogP) is 5.79. The molecule has 0 fully saturated rings.